The van der Waals surface area contributed by atoms with Gasteiger partial charge in [0, 0.05) is 31.1 Å². The molecule has 0 spiro atoms. The third-order valence-corrected chi connectivity index (χ3v) is 5.90. The first-order valence-electron chi connectivity index (χ1n) is 10.6. The van der Waals surface area contributed by atoms with E-state index < -0.39 is 0 Å². The Bertz CT molecular complexity index is 969. The highest BCUT2D eigenvalue weighted by Crippen LogP contribution is 2.37. The minimum absolute atomic E-state index is 0.00219. The normalized spacial score (nSPS) is 19.3. The van der Waals surface area contributed by atoms with Gasteiger partial charge in [-0.25, -0.2) is 5.01 Å². The number of hydrogen-bond donors (Lipinski definition) is 0. The van der Waals surface area contributed by atoms with E-state index in [9.17, 15) is 4.79 Å². The van der Waals surface area contributed by atoms with Crippen molar-refractivity contribution in [3.63, 3.8) is 0 Å². The monoisotopic (exact) mass is 423 g/mol. The Hall–Kier alpha value is -2.90. The molecule has 2 aliphatic rings. The molecule has 0 saturated carbocycles. The van der Waals surface area contributed by atoms with Crippen molar-refractivity contribution in [1.29, 1.82) is 0 Å². The maximum Gasteiger partial charge on any atom is 0.257 e. The first-order chi connectivity index (χ1) is 15.1. The van der Waals surface area contributed by atoms with E-state index in [-0.39, 0.29) is 11.9 Å². The number of ether oxygens (including phenoxy) is 3. The van der Waals surface area contributed by atoms with Crippen LogP contribution >= 0.6 is 0 Å². The van der Waals surface area contributed by atoms with Crippen LogP contribution in [0, 0.1) is 6.92 Å². The number of aryl methyl sites for hydroxylation is 1. The van der Waals surface area contributed by atoms with E-state index in [0.717, 1.165) is 41.2 Å². The topological polar surface area (TPSA) is 63.6 Å². The van der Waals surface area contributed by atoms with Crippen molar-refractivity contribution in [3.8, 4) is 11.5 Å². The van der Waals surface area contributed by atoms with Crippen LogP contribution in [0.15, 0.2) is 47.6 Å². The molecule has 1 saturated heterocycles. The number of amides is 1. The molecule has 2 aliphatic heterocycles. The zero-order valence-corrected chi connectivity index (χ0v) is 18.3. The summed E-state index contributed by atoms with van der Waals surface area (Å²) in [6.45, 7) is 5.25. The first kappa shape index (κ1) is 21.3. The van der Waals surface area contributed by atoms with Gasteiger partial charge in [-0.15, -0.1) is 0 Å². The molecule has 2 heterocycles. The van der Waals surface area contributed by atoms with Gasteiger partial charge in [0.1, 0.15) is 11.5 Å². The largest absolute Gasteiger partial charge is 0.497 e. The van der Waals surface area contributed by atoms with Gasteiger partial charge < -0.3 is 14.2 Å². The van der Waals surface area contributed by atoms with Gasteiger partial charge >= 0.3 is 0 Å². The summed E-state index contributed by atoms with van der Waals surface area (Å²) in [4.78, 5) is 15.5. The molecular weight excluding hydrogens is 394 g/mol. The fourth-order valence-electron chi connectivity index (χ4n) is 4.17. The van der Waals surface area contributed by atoms with Crippen LogP contribution in [-0.4, -0.2) is 68.6 Å². The summed E-state index contributed by atoms with van der Waals surface area (Å²) in [6.07, 6.45) is 0.627. The predicted molar refractivity (Wildman–Crippen MR) is 119 cm³/mol. The molecule has 31 heavy (non-hydrogen) atoms. The Kier molecular flexibility index (Phi) is 6.53. The van der Waals surface area contributed by atoms with Crippen molar-refractivity contribution in [2.75, 3.05) is 47.1 Å². The van der Waals surface area contributed by atoms with Crippen LogP contribution in [-0.2, 0) is 9.53 Å². The van der Waals surface area contributed by atoms with Gasteiger partial charge in [-0.1, -0.05) is 24.3 Å². The Balaban J connectivity index is 1.66. The molecule has 1 atom stereocenters. The van der Waals surface area contributed by atoms with Crippen LogP contribution < -0.4 is 9.47 Å². The molecule has 0 aromatic heterocycles. The van der Waals surface area contributed by atoms with Gasteiger partial charge in [0.15, 0.2) is 0 Å². The minimum Gasteiger partial charge on any atom is -0.497 e. The van der Waals surface area contributed by atoms with E-state index in [0.29, 0.717) is 31.9 Å². The molecule has 0 N–H and O–H groups in total. The Morgan fingerprint density at radius 3 is 2.61 bits per heavy atom. The van der Waals surface area contributed by atoms with Gasteiger partial charge in [0.2, 0.25) is 0 Å². The van der Waals surface area contributed by atoms with Crippen molar-refractivity contribution in [1.82, 2.24) is 9.91 Å². The third kappa shape index (κ3) is 4.57. The lowest BCUT2D eigenvalue weighted by Gasteiger charge is -2.29. The molecular formula is C24H29N3O4. The molecule has 0 radical (unpaired) electrons. The fraction of sp³-hybridized carbons (Fsp3) is 0.417. The maximum atomic E-state index is 13.3. The third-order valence-electron chi connectivity index (χ3n) is 5.90. The van der Waals surface area contributed by atoms with E-state index in [1.807, 2.05) is 30.3 Å². The number of hydrazone groups is 1. The lowest BCUT2D eigenvalue weighted by atomic mass is 9.95. The number of carbonyl (C=O) groups excluding carboxylic acids is 1. The van der Waals surface area contributed by atoms with E-state index in [1.54, 1.807) is 19.2 Å². The highest BCUT2D eigenvalue weighted by Gasteiger charge is 2.35. The van der Waals surface area contributed by atoms with Crippen LogP contribution in [0.25, 0.3) is 0 Å². The van der Waals surface area contributed by atoms with Crippen LogP contribution in [0.3, 0.4) is 0 Å². The summed E-state index contributed by atoms with van der Waals surface area (Å²) in [5.74, 6) is 1.40. The van der Waals surface area contributed by atoms with Gasteiger partial charge in [0.05, 0.1) is 45.7 Å². The van der Waals surface area contributed by atoms with Gasteiger partial charge in [-0.2, -0.15) is 5.10 Å². The molecule has 2 aromatic carbocycles. The molecule has 7 heteroatoms. The smallest absolute Gasteiger partial charge is 0.257 e. The molecule has 0 aliphatic carbocycles. The van der Waals surface area contributed by atoms with Gasteiger partial charge in [-0.3, -0.25) is 9.69 Å². The first-order valence-corrected chi connectivity index (χ1v) is 10.6. The summed E-state index contributed by atoms with van der Waals surface area (Å²) < 4.78 is 16.3. The molecule has 2 aromatic rings. The molecule has 1 fully saturated rings. The average Bonchev–Trinajstić information content (AvgIpc) is 3.24. The van der Waals surface area contributed by atoms with Crippen LogP contribution in [0.4, 0.5) is 0 Å². The zero-order valence-electron chi connectivity index (χ0n) is 18.3. The van der Waals surface area contributed by atoms with Gasteiger partial charge in [-0.05, 0) is 30.2 Å². The number of carbonyl (C=O) groups is 1. The number of nitrogens with zero attached hydrogens (tertiary/aromatic N) is 3. The van der Waals surface area contributed by atoms with Crippen molar-refractivity contribution in [3.05, 3.63) is 59.2 Å². The fourth-order valence-corrected chi connectivity index (χ4v) is 4.17. The molecule has 1 amide bonds. The molecule has 7 nitrogen and oxygen atoms in total. The lowest BCUT2D eigenvalue weighted by molar-refractivity contribution is -0.135. The van der Waals surface area contributed by atoms with Crippen LogP contribution in [0.5, 0.6) is 11.5 Å². The molecule has 164 valence electrons. The Morgan fingerprint density at radius 2 is 1.90 bits per heavy atom. The van der Waals surface area contributed by atoms with Gasteiger partial charge in [0.25, 0.3) is 5.91 Å². The second kappa shape index (κ2) is 9.49. The number of methoxy groups -OCH3 is 2. The van der Waals surface area contributed by atoms with Crippen molar-refractivity contribution >= 4 is 11.6 Å². The maximum absolute atomic E-state index is 13.3. The second-order valence-corrected chi connectivity index (χ2v) is 7.82. The predicted octanol–water partition coefficient (Wildman–Crippen LogP) is 3.02. The summed E-state index contributed by atoms with van der Waals surface area (Å²) in [5, 5.41) is 6.47. The highest BCUT2D eigenvalue weighted by atomic mass is 16.5. The standard InChI is InChI=1S/C24H29N3O4/c1-17-6-4-5-7-19(17)22-15-21(20-9-8-18(29-2)14-23(20)30-3)25-27(22)24(28)16-26-10-12-31-13-11-26/h4-9,14,22H,10-13,15-16H2,1-3H3. The molecule has 1 unspecified atom stereocenters. The number of morpholine rings is 1. The van der Waals surface area contributed by atoms with Crippen molar-refractivity contribution < 1.29 is 19.0 Å². The minimum atomic E-state index is -0.142. The summed E-state index contributed by atoms with van der Waals surface area (Å²) >= 11 is 0. The highest BCUT2D eigenvalue weighted by molar-refractivity contribution is 6.05. The summed E-state index contributed by atoms with van der Waals surface area (Å²) in [7, 11) is 3.26. The van der Waals surface area contributed by atoms with Crippen LogP contribution in [0.2, 0.25) is 0 Å². The number of rotatable bonds is 6. The quantitative estimate of drug-likeness (QED) is 0.715. The number of benzene rings is 2. The molecule has 4 rings (SSSR count). The summed E-state index contributed by atoms with van der Waals surface area (Å²) in [6, 6.07) is 13.7. The SMILES string of the molecule is COc1ccc(C2=NN(C(=O)CN3CCOCC3)C(c3ccccc3C)C2)c(OC)c1. The summed E-state index contributed by atoms with van der Waals surface area (Å²) in [5.41, 5.74) is 3.98. The lowest BCUT2D eigenvalue weighted by Crippen LogP contribution is -2.43. The molecule has 0 bridgehead atoms. The van der Waals surface area contributed by atoms with Crippen LogP contribution in [0.1, 0.15) is 29.2 Å². The Labute approximate surface area is 183 Å². The second-order valence-electron chi connectivity index (χ2n) is 7.82. The number of hydrogen-bond acceptors (Lipinski definition) is 6. The van der Waals surface area contributed by atoms with E-state index in [1.165, 1.54) is 0 Å². The Morgan fingerprint density at radius 1 is 1.13 bits per heavy atom. The van der Waals surface area contributed by atoms with E-state index >= 15 is 0 Å². The average molecular weight is 424 g/mol. The van der Waals surface area contributed by atoms with Crippen molar-refractivity contribution in [2.45, 2.75) is 19.4 Å². The zero-order chi connectivity index (χ0) is 21.8. The van der Waals surface area contributed by atoms with Crippen molar-refractivity contribution in [2.24, 2.45) is 5.10 Å². The van der Waals surface area contributed by atoms with E-state index in [4.69, 9.17) is 19.3 Å². The van der Waals surface area contributed by atoms with E-state index in [2.05, 4.69) is 24.0 Å².